The Hall–Kier alpha value is -0.870. The van der Waals surface area contributed by atoms with E-state index in [1.54, 1.807) is 20.7 Å². The van der Waals surface area contributed by atoms with Crippen LogP contribution >= 0.6 is 32.9 Å². The summed E-state index contributed by atoms with van der Waals surface area (Å²) in [5, 5.41) is 11.3. The average molecular weight is 507 g/mol. The highest BCUT2D eigenvalue weighted by molar-refractivity contribution is 7.80. The lowest BCUT2D eigenvalue weighted by molar-refractivity contribution is 0.124. The average Bonchev–Trinajstić information content (AvgIpc) is 3.25. The molecule has 8 heteroatoms. The van der Waals surface area contributed by atoms with E-state index in [9.17, 15) is 5.11 Å². The van der Waals surface area contributed by atoms with Gasteiger partial charge < -0.3 is 14.9 Å². The zero-order valence-corrected chi connectivity index (χ0v) is 22.5. The second-order valence-electron chi connectivity index (χ2n) is 9.37. The summed E-state index contributed by atoms with van der Waals surface area (Å²) >= 11 is 5.40. The fourth-order valence-electron chi connectivity index (χ4n) is 4.97. The molecule has 2 aromatic rings. The molecule has 2 aliphatic heterocycles. The molecule has 3 heterocycles. The topological polar surface area (TPSA) is 33.2 Å². The molecular weight excluding hydrogens is 469 g/mol. The Bertz CT molecular complexity index is 894. The van der Waals surface area contributed by atoms with E-state index in [0.29, 0.717) is 5.75 Å². The Morgan fingerprint density at radius 1 is 0.727 bits per heavy atom. The van der Waals surface area contributed by atoms with Crippen LogP contribution in [0.15, 0.2) is 18.2 Å². The first-order chi connectivity index (χ1) is 16.1. The second-order valence-corrected chi connectivity index (χ2v) is 12.3. The Morgan fingerprint density at radius 2 is 1.18 bits per heavy atom. The van der Waals surface area contributed by atoms with E-state index in [1.165, 1.54) is 36.4 Å². The molecule has 1 aromatic heterocycles. The van der Waals surface area contributed by atoms with Crippen molar-refractivity contribution in [1.29, 1.82) is 0 Å². The van der Waals surface area contributed by atoms with Gasteiger partial charge in [0.1, 0.15) is 9.57 Å². The lowest BCUT2D eigenvalue weighted by atomic mass is 10.0. The van der Waals surface area contributed by atoms with Gasteiger partial charge in [-0.25, -0.2) is 0 Å². The van der Waals surface area contributed by atoms with E-state index in [2.05, 4.69) is 51.6 Å². The monoisotopic (exact) mass is 506 g/mol. The molecule has 0 atom stereocenters. The molecule has 5 nitrogen and oxygen atoms in total. The van der Waals surface area contributed by atoms with Crippen LogP contribution in [0.5, 0.6) is 5.75 Å². The number of nitrogens with zero attached hydrogens (tertiary/aromatic N) is 4. The first kappa shape index (κ1) is 25.2. The third kappa shape index (κ3) is 6.84. The summed E-state index contributed by atoms with van der Waals surface area (Å²) < 4.78 is 0.935. The molecule has 0 spiro atoms. The predicted molar refractivity (Wildman–Crippen MR) is 144 cm³/mol. The molecule has 0 radical (unpaired) electrons. The Kier molecular flexibility index (Phi) is 9.33. The van der Waals surface area contributed by atoms with Crippen LogP contribution in [0.1, 0.15) is 37.8 Å². The highest BCUT2D eigenvalue weighted by atomic mass is 32.9. The van der Waals surface area contributed by atoms with Crippen LogP contribution in [0.3, 0.4) is 0 Å². The van der Waals surface area contributed by atoms with Gasteiger partial charge in [0.2, 0.25) is 0 Å². The molecule has 0 saturated carbocycles. The fourth-order valence-corrected chi connectivity index (χ4v) is 7.36. The molecule has 0 aliphatic carbocycles. The maximum absolute atomic E-state index is 11.3. The van der Waals surface area contributed by atoms with Crippen LogP contribution in [0.25, 0.3) is 10.4 Å². The number of hydrogen-bond donors (Lipinski definition) is 1. The van der Waals surface area contributed by atoms with Crippen molar-refractivity contribution in [3.05, 3.63) is 33.1 Å². The highest BCUT2D eigenvalue weighted by Crippen LogP contribution is 2.36. The van der Waals surface area contributed by atoms with Crippen LogP contribution in [0.4, 0.5) is 0 Å². The molecule has 1 N–H and O–H groups in total. The van der Waals surface area contributed by atoms with Gasteiger partial charge in [0, 0.05) is 81.5 Å². The van der Waals surface area contributed by atoms with Crippen LogP contribution in [0.2, 0.25) is 0 Å². The fraction of sp³-hybridized carbons (Fsp3) is 0.640. The zero-order valence-electron chi connectivity index (χ0n) is 20.1. The molecule has 182 valence electrons. The molecule has 0 bridgehead atoms. The molecule has 0 amide bonds. The van der Waals surface area contributed by atoms with Crippen molar-refractivity contribution >= 4 is 32.9 Å². The minimum Gasteiger partial charge on any atom is -0.507 e. The van der Waals surface area contributed by atoms with Crippen molar-refractivity contribution in [2.75, 3.05) is 65.4 Å². The number of rotatable bonds is 9. The van der Waals surface area contributed by atoms with Crippen molar-refractivity contribution in [3.63, 3.8) is 0 Å². The SMILES string of the molecule is CCCN1CCN(Cc2cc(-c3cc(=S)ss3)cc(CN3CCN(CCC)CC3)c2O)CC1. The van der Waals surface area contributed by atoms with E-state index in [1.807, 2.05) is 0 Å². The number of aromatic hydroxyl groups is 1. The van der Waals surface area contributed by atoms with Gasteiger partial charge in [-0.05, 0) is 49.7 Å². The summed E-state index contributed by atoms with van der Waals surface area (Å²) in [5.41, 5.74) is 3.31. The van der Waals surface area contributed by atoms with Crippen molar-refractivity contribution in [1.82, 2.24) is 19.6 Å². The van der Waals surface area contributed by atoms with Crippen LogP contribution < -0.4 is 0 Å². The first-order valence-electron chi connectivity index (χ1n) is 12.4. The van der Waals surface area contributed by atoms with E-state index < -0.39 is 0 Å². The van der Waals surface area contributed by atoms with E-state index >= 15 is 0 Å². The van der Waals surface area contributed by atoms with E-state index in [-0.39, 0.29) is 0 Å². The van der Waals surface area contributed by atoms with Gasteiger partial charge in [-0.15, -0.1) is 0 Å². The summed E-state index contributed by atoms with van der Waals surface area (Å²) in [7, 11) is 3.40. The molecular formula is C25H38N4OS3. The summed E-state index contributed by atoms with van der Waals surface area (Å²) in [6, 6.07) is 6.51. The summed E-state index contributed by atoms with van der Waals surface area (Å²) in [6.45, 7) is 17.2. The largest absolute Gasteiger partial charge is 0.507 e. The number of phenols is 1. The normalized spacial score (nSPS) is 19.3. The quantitative estimate of drug-likeness (QED) is 0.382. The Balaban J connectivity index is 1.51. The zero-order chi connectivity index (χ0) is 23.2. The maximum Gasteiger partial charge on any atom is 0.124 e. The number of hydrogen-bond acceptors (Lipinski definition) is 8. The van der Waals surface area contributed by atoms with Gasteiger partial charge in [-0.3, -0.25) is 9.80 Å². The number of benzene rings is 1. The minimum absolute atomic E-state index is 0.490. The first-order valence-corrected chi connectivity index (χ1v) is 15.0. The maximum atomic E-state index is 11.3. The molecule has 33 heavy (non-hydrogen) atoms. The lowest BCUT2D eigenvalue weighted by Gasteiger charge is -2.35. The third-order valence-electron chi connectivity index (χ3n) is 6.81. The van der Waals surface area contributed by atoms with Crippen molar-refractivity contribution in [3.8, 4) is 16.2 Å². The van der Waals surface area contributed by atoms with Gasteiger partial charge in [0.25, 0.3) is 0 Å². The highest BCUT2D eigenvalue weighted by Gasteiger charge is 2.22. The van der Waals surface area contributed by atoms with Gasteiger partial charge in [0.15, 0.2) is 0 Å². The van der Waals surface area contributed by atoms with Gasteiger partial charge in [-0.2, -0.15) is 0 Å². The molecule has 2 aliphatic rings. The molecule has 0 unspecified atom stereocenters. The minimum atomic E-state index is 0.490. The van der Waals surface area contributed by atoms with E-state index in [0.717, 1.165) is 80.4 Å². The van der Waals surface area contributed by atoms with Crippen molar-refractivity contribution in [2.24, 2.45) is 0 Å². The Labute approximate surface area is 211 Å². The van der Waals surface area contributed by atoms with Crippen LogP contribution in [0, 0.1) is 3.82 Å². The third-order valence-corrected chi connectivity index (χ3v) is 9.72. The van der Waals surface area contributed by atoms with Crippen molar-refractivity contribution < 1.29 is 5.11 Å². The molecule has 4 rings (SSSR count). The van der Waals surface area contributed by atoms with Crippen molar-refractivity contribution in [2.45, 2.75) is 39.8 Å². The summed E-state index contributed by atoms with van der Waals surface area (Å²) in [6.07, 6.45) is 2.43. The predicted octanol–water partition coefficient (Wildman–Crippen LogP) is 4.97. The summed E-state index contributed by atoms with van der Waals surface area (Å²) in [4.78, 5) is 11.3. The van der Waals surface area contributed by atoms with Crippen LogP contribution in [-0.2, 0) is 13.1 Å². The second kappa shape index (κ2) is 12.2. The Morgan fingerprint density at radius 3 is 1.58 bits per heavy atom. The van der Waals surface area contributed by atoms with Gasteiger partial charge in [-0.1, -0.05) is 46.7 Å². The summed E-state index contributed by atoms with van der Waals surface area (Å²) in [5.74, 6) is 0.490. The molecule has 2 fully saturated rings. The van der Waals surface area contributed by atoms with E-state index in [4.69, 9.17) is 12.2 Å². The molecule has 2 saturated heterocycles. The standard InChI is InChI=1S/C25H38N4OS3/c1-3-5-26-7-11-28(12-8-26)18-21-15-20(23-17-24(31)33-32-23)16-22(25(21)30)19-29-13-9-27(6-4-2)10-14-29/h15-17,30H,3-14,18-19H2,1-2H3. The lowest BCUT2D eigenvalue weighted by Crippen LogP contribution is -2.46. The molecule has 1 aromatic carbocycles. The smallest absolute Gasteiger partial charge is 0.124 e. The van der Waals surface area contributed by atoms with Crippen LogP contribution in [-0.4, -0.2) is 90.2 Å². The number of piperazine rings is 2. The number of phenolic OH excluding ortho intramolecular Hbond substituents is 1. The van der Waals surface area contributed by atoms with Gasteiger partial charge >= 0.3 is 0 Å². The van der Waals surface area contributed by atoms with Gasteiger partial charge in [0.05, 0.1) is 0 Å².